The Balaban J connectivity index is 0. The van der Waals surface area contributed by atoms with Gasteiger partial charge in [0.1, 0.15) is 5.78 Å². The molecule has 0 unspecified atom stereocenters. The molecule has 0 N–H and O–H groups in total. The summed E-state index contributed by atoms with van der Waals surface area (Å²) in [6.45, 7) is 5.14. The van der Waals surface area contributed by atoms with Crippen LogP contribution in [0.15, 0.2) is 66.7 Å². The normalized spacial score (nSPS) is 7.65. The van der Waals surface area contributed by atoms with Gasteiger partial charge in [0.2, 0.25) is 0 Å². The maximum Gasteiger partial charge on any atom is 0.126 e. The summed E-state index contributed by atoms with van der Waals surface area (Å²) >= 11 is 9.53. The molecule has 0 bridgehead atoms. The molecular weight excluding hydrogens is 291 g/mol. The predicted molar refractivity (Wildman–Crippen MR) is 90.5 cm³/mol. The van der Waals surface area contributed by atoms with E-state index in [4.69, 9.17) is 23.2 Å². The van der Waals surface area contributed by atoms with Crippen LogP contribution in [0.4, 0.5) is 0 Å². The van der Waals surface area contributed by atoms with E-state index < -0.39 is 0 Å². The quantitative estimate of drug-likeness (QED) is 0.570. The monoisotopic (exact) mass is 312 g/mol. The summed E-state index contributed by atoms with van der Waals surface area (Å²) in [6.07, 6.45) is 0. The zero-order valence-electron chi connectivity index (χ0n) is 12.2. The standard InChI is InChI=1S/C7H8.C6H6.C3H6O.CH2Cl2/c1-7-5-3-2-4-6-7;1-2-4-6-5-3-1;1-3(2)4;2-1-3/h2-6H,1H3;1-6H;1-2H3;1H2. The Labute approximate surface area is 132 Å². The molecule has 0 aliphatic heterocycles. The van der Waals surface area contributed by atoms with Crippen LogP contribution in [0.25, 0.3) is 0 Å². The number of halogens is 2. The van der Waals surface area contributed by atoms with E-state index >= 15 is 0 Å². The number of Topliss-reactive ketones (excluding diaryl/α,β-unsaturated/α-hetero) is 1. The van der Waals surface area contributed by atoms with E-state index in [1.54, 1.807) is 0 Å². The highest BCUT2D eigenvalue weighted by Crippen LogP contribution is 1.92. The van der Waals surface area contributed by atoms with Gasteiger partial charge in [0.05, 0.1) is 5.34 Å². The molecule has 110 valence electrons. The third-order valence-electron chi connectivity index (χ3n) is 1.61. The number of aryl methyl sites for hydroxylation is 1. The molecule has 2 aromatic carbocycles. The Morgan fingerprint density at radius 1 is 0.800 bits per heavy atom. The van der Waals surface area contributed by atoms with E-state index in [0.29, 0.717) is 0 Å². The molecule has 0 spiro atoms. The maximum atomic E-state index is 9.44. The SMILES string of the molecule is CC(C)=O.Cc1ccccc1.ClCCl.c1ccccc1. The van der Waals surface area contributed by atoms with Gasteiger partial charge in [-0.3, -0.25) is 0 Å². The maximum absolute atomic E-state index is 9.44. The minimum Gasteiger partial charge on any atom is -0.300 e. The average Bonchev–Trinajstić information content (AvgIpc) is 2.42. The Kier molecular flexibility index (Phi) is 18.6. The van der Waals surface area contributed by atoms with Gasteiger partial charge in [0.15, 0.2) is 0 Å². The number of carbonyl (C=O) groups excluding carboxylic acids is 1. The number of alkyl halides is 2. The van der Waals surface area contributed by atoms with Crippen LogP contribution >= 0.6 is 23.2 Å². The number of hydrogen-bond acceptors (Lipinski definition) is 1. The fourth-order valence-corrected chi connectivity index (χ4v) is 0.919. The zero-order valence-corrected chi connectivity index (χ0v) is 13.7. The predicted octanol–water partition coefficient (Wildman–Crippen LogP) is 5.70. The summed E-state index contributed by atoms with van der Waals surface area (Å²) in [4.78, 5) is 9.44. The molecule has 0 aromatic heterocycles. The first kappa shape index (κ1) is 21.0. The second kappa shape index (κ2) is 17.7. The van der Waals surface area contributed by atoms with Crippen molar-refractivity contribution >= 4 is 29.0 Å². The van der Waals surface area contributed by atoms with Crippen molar-refractivity contribution in [3.63, 3.8) is 0 Å². The number of ketones is 1. The van der Waals surface area contributed by atoms with Gasteiger partial charge in [0, 0.05) is 0 Å². The molecule has 0 saturated carbocycles. The molecule has 0 aliphatic rings. The van der Waals surface area contributed by atoms with Crippen molar-refractivity contribution in [1.29, 1.82) is 0 Å². The third kappa shape index (κ3) is 25.5. The van der Waals surface area contributed by atoms with Crippen molar-refractivity contribution in [2.24, 2.45) is 0 Å². The van der Waals surface area contributed by atoms with Crippen LogP contribution in [0.3, 0.4) is 0 Å². The topological polar surface area (TPSA) is 17.1 Å². The van der Waals surface area contributed by atoms with Crippen LogP contribution in [0.2, 0.25) is 0 Å². The largest absolute Gasteiger partial charge is 0.300 e. The third-order valence-corrected chi connectivity index (χ3v) is 1.61. The Hall–Kier alpha value is -1.31. The van der Waals surface area contributed by atoms with Gasteiger partial charge in [-0.05, 0) is 20.8 Å². The highest BCUT2D eigenvalue weighted by molar-refractivity contribution is 6.40. The first-order valence-corrected chi connectivity index (χ1v) is 7.22. The van der Waals surface area contributed by atoms with Gasteiger partial charge in [-0.25, -0.2) is 0 Å². The molecule has 0 saturated heterocycles. The van der Waals surface area contributed by atoms with Crippen molar-refractivity contribution in [1.82, 2.24) is 0 Å². The van der Waals surface area contributed by atoms with E-state index in [1.807, 2.05) is 54.6 Å². The van der Waals surface area contributed by atoms with Gasteiger partial charge >= 0.3 is 0 Å². The molecule has 2 rings (SSSR count). The van der Waals surface area contributed by atoms with Gasteiger partial charge in [0.25, 0.3) is 0 Å². The van der Waals surface area contributed by atoms with Crippen molar-refractivity contribution in [3.8, 4) is 0 Å². The fraction of sp³-hybridized carbons (Fsp3) is 0.235. The average molecular weight is 313 g/mol. The first-order chi connectivity index (χ1) is 9.54. The van der Waals surface area contributed by atoms with Crippen LogP contribution in [0, 0.1) is 6.92 Å². The Morgan fingerprint density at radius 2 is 1.00 bits per heavy atom. The Bertz CT molecular complexity index is 371. The molecule has 0 radical (unpaired) electrons. The summed E-state index contributed by atoms with van der Waals surface area (Å²) in [5.74, 6) is 0.167. The van der Waals surface area contributed by atoms with Crippen LogP contribution in [0.5, 0.6) is 0 Å². The summed E-state index contributed by atoms with van der Waals surface area (Å²) in [6, 6.07) is 22.3. The lowest BCUT2D eigenvalue weighted by atomic mass is 10.2. The minimum atomic E-state index is 0.167. The summed E-state index contributed by atoms with van der Waals surface area (Å²) < 4.78 is 0. The summed E-state index contributed by atoms with van der Waals surface area (Å²) in [5, 5.41) is 0.194. The highest BCUT2D eigenvalue weighted by Gasteiger charge is 1.72. The van der Waals surface area contributed by atoms with Gasteiger partial charge in [-0.2, -0.15) is 0 Å². The van der Waals surface area contributed by atoms with E-state index in [-0.39, 0.29) is 11.1 Å². The van der Waals surface area contributed by atoms with Crippen LogP contribution in [-0.2, 0) is 4.79 Å². The number of benzene rings is 2. The van der Waals surface area contributed by atoms with E-state index in [2.05, 4.69) is 19.1 Å². The molecule has 0 atom stereocenters. The van der Waals surface area contributed by atoms with Crippen molar-refractivity contribution < 1.29 is 4.79 Å². The molecule has 3 heteroatoms. The molecule has 0 aliphatic carbocycles. The minimum absolute atomic E-state index is 0.167. The first-order valence-electron chi connectivity index (χ1n) is 6.15. The van der Waals surface area contributed by atoms with Crippen molar-refractivity contribution in [2.45, 2.75) is 20.8 Å². The molecular formula is C17H22Cl2O. The Morgan fingerprint density at radius 3 is 1.15 bits per heavy atom. The van der Waals surface area contributed by atoms with Gasteiger partial charge in [-0.15, -0.1) is 23.2 Å². The molecule has 2 aromatic rings. The van der Waals surface area contributed by atoms with E-state index in [1.165, 1.54) is 19.4 Å². The molecule has 0 amide bonds. The fourth-order valence-electron chi connectivity index (χ4n) is 0.919. The second-order valence-corrected chi connectivity index (χ2v) is 4.63. The number of carbonyl (C=O) groups is 1. The number of hydrogen-bond donors (Lipinski definition) is 0. The smallest absolute Gasteiger partial charge is 0.126 e. The molecule has 0 fully saturated rings. The lowest BCUT2D eigenvalue weighted by Gasteiger charge is -1.82. The van der Waals surface area contributed by atoms with E-state index in [9.17, 15) is 4.79 Å². The van der Waals surface area contributed by atoms with Gasteiger partial charge in [-0.1, -0.05) is 72.3 Å². The summed E-state index contributed by atoms with van der Waals surface area (Å²) in [5.41, 5.74) is 1.32. The molecule has 0 heterocycles. The van der Waals surface area contributed by atoms with E-state index in [0.717, 1.165) is 0 Å². The van der Waals surface area contributed by atoms with Crippen LogP contribution < -0.4 is 0 Å². The van der Waals surface area contributed by atoms with Crippen LogP contribution in [-0.4, -0.2) is 11.1 Å². The number of rotatable bonds is 0. The van der Waals surface area contributed by atoms with Crippen LogP contribution in [0.1, 0.15) is 19.4 Å². The van der Waals surface area contributed by atoms with Crippen molar-refractivity contribution in [3.05, 3.63) is 72.3 Å². The van der Waals surface area contributed by atoms with Gasteiger partial charge < -0.3 is 4.79 Å². The lowest BCUT2D eigenvalue weighted by molar-refractivity contribution is -0.114. The van der Waals surface area contributed by atoms with Crippen molar-refractivity contribution in [2.75, 3.05) is 5.34 Å². The summed E-state index contributed by atoms with van der Waals surface area (Å²) in [7, 11) is 0. The highest BCUT2D eigenvalue weighted by atomic mass is 35.5. The molecule has 1 nitrogen and oxygen atoms in total. The molecule has 20 heavy (non-hydrogen) atoms. The lowest BCUT2D eigenvalue weighted by Crippen LogP contribution is -1.69. The zero-order chi connectivity index (χ0) is 15.6. The second-order valence-electron chi connectivity index (χ2n) is 3.82.